The van der Waals surface area contributed by atoms with E-state index in [2.05, 4.69) is 68.1 Å². The molecule has 0 radical (unpaired) electrons. The minimum Gasteiger partial charge on any atom is -0.508 e. The number of aromatic nitrogens is 2. The molecular weight excluding hydrogens is 1720 g/mol. The van der Waals surface area contributed by atoms with Crippen LogP contribution in [-0.4, -0.2) is 318 Å². The number of aliphatic hydroxyl groups excluding tert-OH is 2. The first-order chi connectivity index (χ1) is 62.5. The number of carbonyl (C=O) groups is 17. The average Bonchev–Trinajstić information content (AvgIpc) is 1.74. The molecule has 4 aliphatic heterocycles. The van der Waals surface area contributed by atoms with Gasteiger partial charge in [0.25, 0.3) is 0 Å². The van der Waals surface area contributed by atoms with Gasteiger partial charge in [0.05, 0.1) is 25.0 Å². The first-order valence-corrected chi connectivity index (χ1v) is 45.3. The second kappa shape index (κ2) is 48.7. The molecule has 4 aliphatic rings. The highest BCUT2D eigenvalue weighted by Crippen LogP contribution is 2.28. The number of primary amides is 1. The van der Waals surface area contributed by atoms with Crippen LogP contribution in [-0.2, 0) is 101 Å². The standard InChI is InChI=1S/C89H122N20O21S/c1-8-10-23-69-82(123)96-49(3)76(117)104-68(78(119)95-44-73(91)113)47-131-48-74(114)97-65(36-51-26-28-55(111)29-27-51)85(126)105(5)50(4)77(118)98-61(22-16-33-90)87(128)108-35-17-25-70(108)83(124)100-63(37-52-32-34-92-41-52)79(120)99-62(30-31-75(115)116)88(129)109-45-56(112)40-72(109)84(125)101-64(38-53-42-93-59-20-14-12-18-57(53)59)80(121)103-67(46-110)81(122)102-66(39-54-43-94-60-21-15-13-19-58(54)60)86(127)107(7)71(24-11-9-2)89(130)106(69)6/h12-15,18-21,26-29,34,41-43,49-50,56,61-72,93-94,110-112H,8-11,16-17,22-25,30-33,35-40,44-48,90H2,1-7H3,(H2,91,113)(H,95,119)(H,96,123)(H,97,114)(H,98,118)(H,99,120)(H,100,124)(H,101,125)(H,102,122)(H,103,121)(H,104,117)(H,115,116)/t49-,50-,56+,61-,62-,63-,64-,65-,66-,67-,68-,69-,70-,71-,72-/m0/s1. The van der Waals surface area contributed by atoms with Crippen molar-refractivity contribution in [3.05, 3.63) is 114 Å². The maximum absolute atomic E-state index is 15.6. The Bertz CT molecular complexity index is 5020. The lowest BCUT2D eigenvalue weighted by molar-refractivity contribution is -0.149. The molecule has 15 atom stereocenters. The zero-order valence-corrected chi connectivity index (χ0v) is 75.4. The Labute approximate surface area is 761 Å². The van der Waals surface area contributed by atoms with Crippen LogP contribution < -0.4 is 64.6 Å². The number of rotatable bonds is 24. The van der Waals surface area contributed by atoms with Crippen molar-refractivity contribution >= 4 is 140 Å². The van der Waals surface area contributed by atoms with Gasteiger partial charge in [-0.05, 0) is 118 Å². The van der Waals surface area contributed by atoms with Gasteiger partial charge in [-0.1, -0.05) is 88.1 Å². The number of hydrogen-bond acceptors (Lipinski definition) is 23. The van der Waals surface area contributed by atoms with E-state index in [0.717, 1.165) is 31.4 Å². The average molecular weight is 1840 g/mol. The summed E-state index contributed by atoms with van der Waals surface area (Å²) in [5.74, 6) is -17.1. The highest BCUT2D eigenvalue weighted by Gasteiger charge is 2.47. The molecule has 0 unspecified atom stereocenters. The van der Waals surface area contributed by atoms with Crippen LogP contribution in [0.3, 0.4) is 0 Å². The third-order valence-corrected chi connectivity index (χ3v) is 24.9. The molecule has 20 N–H and O–H groups in total. The zero-order valence-electron chi connectivity index (χ0n) is 74.6. The zero-order chi connectivity index (χ0) is 95.4. The number of para-hydroxylation sites is 2. The van der Waals surface area contributed by atoms with Crippen molar-refractivity contribution < 1.29 is 102 Å². The number of hydrogen-bond donors (Lipinski definition) is 18. The monoisotopic (exact) mass is 1840 g/mol. The van der Waals surface area contributed by atoms with Gasteiger partial charge in [0, 0.05) is 125 Å². The van der Waals surface area contributed by atoms with E-state index in [1.807, 2.05) is 13.8 Å². The molecule has 3 aromatic carbocycles. The number of nitrogens with two attached hydrogens (primary N) is 2. The maximum Gasteiger partial charge on any atom is 0.303 e. The second-order valence-corrected chi connectivity index (χ2v) is 34.5. The van der Waals surface area contributed by atoms with Crippen LogP contribution >= 0.6 is 11.8 Å². The van der Waals surface area contributed by atoms with Gasteiger partial charge in [0.2, 0.25) is 94.5 Å². The highest BCUT2D eigenvalue weighted by molar-refractivity contribution is 8.00. The van der Waals surface area contributed by atoms with E-state index in [9.17, 15) is 68.4 Å². The van der Waals surface area contributed by atoms with Gasteiger partial charge in [-0.2, -0.15) is 0 Å². The second-order valence-electron chi connectivity index (χ2n) is 33.5. The van der Waals surface area contributed by atoms with Crippen molar-refractivity contribution in [1.29, 1.82) is 0 Å². The number of likely N-dealkylation sites (N-methyl/N-ethyl adjacent to an activating group) is 3. The first-order valence-electron chi connectivity index (χ1n) is 44.1. The summed E-state index contributed by atoms with van der Waals surface area (Å²) in [5.41, 5.74) is 14.5. The fourth-order valence-corrected chi connectivity index (χ4v) is 17.2. The lowest BCUT2D eigenvalue weighted by Gasteiger charge is -2.36. The van der Waals surface area contributed by atoms with Crippen LogP contribution in [0.15, 0.2) is 102 Å². The third-order valence-electron chi connectivity index (χ3n) is 23.9. The number of thioether (sulfide) groups is 1. The normalized spacial score (nSPS) is 25.6. The van der Waals surface area contributed by atoms with Crippen LogP contribution in [0.25, 0.3) is 21.8 Å². The van der Waals surface area contributed by atoms with Gasteiger partial charge in [-0.25, -0.2) is 0 Å². The largest absolute Gasteiger partial charge is 0.508 e. The molecule has 0 aliphatic carbocycles. The Balaban J connectivity index is 1.08. The Kier molecular flexibility index (Phi) is 37.9. The van der Waals surface area contributed by atoms with E-state index in [4.69, 9.17) is 11.5 Å². The number of benzene rings is 3. The number of aliphatic hydroxyl groups is 2. The van der Waals surface area contributed by atoms with Gasteiger partial charge >= 0.3 is 5.97 Å². The van der Waals surface area contributed by atoms with Crippen LogP contribution in [0.5, 0.6) is 5.75 Å². The van der Waals surface area contributed by atoms with Crippen molar-refractivity contribution in [1.82, 2.24) is 87.6 Å². The van der Waals surface area contributed by atoms with Crippen molar-refractivity contribution in [2.24, 2.45) is 16.5 Å². The van der Waals surface area contributed by atoms with Gasteiger partial charge in [0.1, 0.15) is 90.3 Å². The van der Waals surface area contributed by atoms with E-state index in [1.165, 1.54) is 76.6 Å². The van der Waals surface area contributed by atoms with E-state index in [-0.39, 0.29) is 95.2 Å². The third kappa shape index (κ3) is 27.9. The van der Waals surface area contributed by atoms with E-state index < -0.39 is 236 Å². The predicted molar refractivity (Wildman–Crippen MR) is 482 cm³/mol. The number of carboxylic acid groups (broad SMARTS) is 1. The predicted octanol–water partition coefficient (Wildman–Crippen LogP) is -1.71. The molecule has 9 rings (SSSR count). The van der Waals surface area contributed by atoms with E-state index >= 15 is 33.6 Å². The molecule has 710 valence electrons. The summed E-state index contributed by atoms with van der Waals surface area (Å²) in [6, 6.07) is -1.75. The molecule has 3 fully saturated rings. The number of amides is 16. The Hall–Kier alpha value is -12.8. The van der Waals surface area contributed by atoms with Crippen LogP contribution in [0.2, 0.25) is 0 Å². The van der Waals surface area contributed by atoms with E-state index in [0.29, 0.717) is 69.8 Å². The van der Waals surface area contributed by atoms with Crippen LogP contribution in [0.4, 0.5) is 0 Å². The number of H-pyrrole nitrogens is 2. The van der Waals surface area contributed by atoms with Crippen LogP contribution in [0, 0.1) is 0 Å². The number of carbonyl (C=O) groups excluding carboxylic acids is 16. The number of aromatic amines is 2. The molecule has 3 saturated heterocycles. The quantitative estimate of drug-likeness (QED) is 0.0327. The molecule has 0 bridgehead atoms. The Morgan fingerprint density at radius 2 is 1.10 bits per heavy atom. The number of nitrogens with zero attached hydrogens (tertiary/aromatic N) is 6. The molecule has 41 nitrogen and oxygen atoms in total. The van der Waals surface area contributed by atoms with Crippen molar-refractivity contribution in [2.75, 3.05) is 65.4 Å². The van der Waals surface area contributed by atoms with Crippen molar-refractivity contribution in [3.63, 3.8) is 0 Å². The molecule has 0 spiro atoms. The number of fused-ring (bicyclic) bond motifs is 4. The minimum atomic E-state index is -1.91. The summed E-state index contributed by atoms with van der Waals surface area (Å²) in [7, 11) is 3.97. The Morgan fingerprint density at radius 3 is 1.70 bits per heavy atom. The van der Waals surface area contributed by atoms with Crippen molar-refractivity contribution in [2.45, 2.75) is 234 Å². The smallest absolute Gasteiger partial charge is 0.303 e. The summed E-state index contributed by atoms with van der Waals surface area (Å²) in [4.78, 5) is 264. The summed E-state index contributed by atoms with van der Waals surface area (Å²) in [6.07, 6.45) is 4.18. The number of nitrogens with one attached hydrogen (secondary N) is 12. The molecule has 6 heterocycles. The lowest BCUT2D eigenvalue weighted by atomic mass is 10.00. The molecule has 16 amide bonds. The molecule has 131 heavy (non-hydrogen) atoms. The number of aromatic hydroxyl groups is 1. The molecule has 2 aromatic heterocycles. The Morgan fingerprint density at radius 1 is 0.557 bits per heavy atom. The topological polar surface area (TPSA) is 604 Å². The van der Waals surface area contributed by atoms with Gasteiger partial charge in [-0.15, -0.1) is 11.8 Å². The molecule has 5 aromatic rings. The number of unbranched alkanes of at least 4 members (excludes halogenated alkanes) is 2. The summed E-state index contributed by atoms with van der Waals surface area (Å²) in [5, 5.41) is 70.4. The molecule has 0 saturated carbocycles. The SMILES string of the molecule is CCCC[C@H]1C(=O)N(C)[C@@H](CCCC)C(=O)N[C@@H](C)C(=O)N[C@H](C(=O)NCC(N)=O)CSCC(=O)N[C@@H](Cc2ccc(O)cc2)C(=O)N(C)[C@@H](C)C(=O)N[C@@H](CCCN)C(=O)N2CCC[C@H]2C(=O)N[C@@H](CC2=CN=CC2)C(=O)N[C@@H](CCC(=O)O)C(=O)N2C[C@H](O)C[C@H]2C(=O)N[C@@H](Cc2c[nH]c3ccccc23)C(=O)N[C@@H](CO)C(=O)N[C@@H](Cc2c[nH]c3ccccc23)C(=O)N1C. The summed E-state index contributed by atoms with van der Waals surface area (Å²) < 4.78 is 0. The van der Waals surface area contributed by atoms with Gasteiger partial charge < -0.3 is 120 Å². The highest BCUT2D eigenvalue weighted by atomic mass is 32.2. The van der Waals surface area contributed by atoms with E-state index in [1.54, 1.807) is 60.9 Å². The number of aliphatic carboxylic acids is 1. The summed E-state index contributed by atoms with van der Waals surface area (Å²) in [6.45, 7) is 3.98. The number of aliphatic imine (C=N–C) groups is 1. The first kappa shape index (κ1) is 102. The lowest BCUT2D eigenvalue weighted by Crippen LogP contribution is -2.61. The van der Waals surface area contributed by atoms with Crippen LogP contribution in [0.1, 0.15) is 141 Å². The maximum atomic E-state index is 15.6. The summed E-state index contributed by atoms with van der Waals surface area (Å²) >= 11 is 0.800. The van der Waals surface area contributed by atoms with Gasteiger partial charge in [-0.3, -0.25) is 86.5 Å². The number of phenolic OH excluding ortho intramolecular Hbond substituents is 1. The van der Waals surface area contributed by atoms with Gasteiger partial charge in [0.15, 0.2) is 0 Å². The number of phenols is 1. The number of carboxylic acids is 1. The van der Waals surface area contributed by atoms with Crippen molar-refractivity contribution in [3.8, 4) is 5.75 Å². The fourth-order valence-electron chi connectivity index (χ4n) is 16.3. The molecule has 42 heteroatoms. The molecular formula is C89H122N20O21S. The minimum absolute atomic E-state index is 0.00873. The fraction of sp³-hybridized carbons (Fsp3) is 0.528.